The summed E-state index contributed by atoms with van der Waals surface area (Å²) in [7, 11) is 0. The van der Waals surface area contributed by atoms with E-state index in [-0.39, 0.29) is 12.0 Å². The van der Waals surface area contributed by atoms with Crippen LogP contribution in [-0.2, 0) is 4.79 Å². The molecule has 4 aliphatic rings. The molecular formula is C29H48O2. The first-order valence-corrected chi connectivity index (χ1v) is 13.4. The van der Waals surface area contributed by atoms with Gasteiger partial charge in [-0.3, -0.25) is 4.79 Å². The molecule has 2 heteroatoms. The minimum atomic E-state index is -0.109. The lowest BCUT2D eigenvalue weighted by Crippen LogP contribution is -2.55. The van der Waals surface area contributed by atoms with Gasteiger partial charge in [-0.15, -0.1) is 0 Å². The Labute approximate surface area is 191 Å². The molecule has 31 heavy (non-hydrogen) atoms. The third kappa shape index (κ3) is 3.41. The highest BCUT2D eigenvalue weighted by Crippen LogP contribution is 2.72. The van der Waals surface area contributed by atoms with Crippen LogP contribution in [0.25, 0.3) is 0 Å². The molecule has 9 atom stereocenters. The molecule has 0 bridgehead atoms. The fourth-order valence-electron chi connectivity index (χ4n) is 9.15. The minimum absolute atomic E-state index is 0.109. The molecule has 2 nitrogen and oxygen atoms in total. The number of aliphatic hydroxyl groups excluding tert-OH is 1. The molecule has 9 unspecified atom stereocenters. The summed E-state index contributed by atoms with van der Waals surface area (Å²) in [6.07, 6.45) is 13.0. The molecule has 176 valence electrons. The molecule has 3 fully saturated rings. The summed E-state index contributed by atoms with van der Waals surface area (Å²) in [4.78, 5) is 12.3. The Kier molecular flexibility index (Phi) is 6.07. The van der Waals surface area contributed by atoms with Gasteiger partial charge in [-0.1, -0.05) is 60.1 Å². The fraction of sp³-hybridized carbons (Fsp3) is 0.897. The number of allylic oxidation sites excluding steroid dienone is 2. The maximum absolute atomic E-state index is 12.3. The van der Waals surface area contributed by atoms with Crippen molar-refractivity contribution >= 4 is 5.78 Å². The van der Waals surface area contributed by atoms with E-state index in [4.69, 9.17) is 0 Å². The van der Waals surface area contributed by atoms with Gasteiger partial charge in [-0.25, -0.2) is 0 Å². The number of aliphatic hydroxyl groups is 1. The van der Waals surface area contributed by atoms with Crippen LogP contribution in [-0.4, -0.2) is 17.0 Å². The second-order valence-electron chi connectivity index (χ2n) is 13.1. The van der Waals surface area contributed by atoms with Crippen molar-refractivity contribution < 1.29 is 9.90 Å². The van der Waals surface area contributed by atoms with E-state index in [1.807, 2.05) is 13.8 Å². The van der Waals surface area contributed by atoms with E-state index < -0.39 is 0 Å². The van der Waals surface area contributed by atoms with Gasteiger partial charge in [0.05, 0.1) is 6.10 Å². The van der Waals surface area contributed by atoms with Crippen molar-refractivity contribution in [1.82, 2.24) is 0 Å². The molecule has 4 rings (SSSR count). The van der Waals surface area contributed by atoms with E-state index >= 15 is 0 Å². The molecule has 0 amide bonds. The second kappa shape index (κ2) is 8.00. The van der Waals surface area contributed by atoms with Gasteiger partial charge in [0, 0.05) is 12.3 Å². The Hall–Kier alpha value is -0.630. The van der Waals surface area contributed by atoms with Crippen LogP contribution in [0.2, 0.25) is 0 Å². The van der Waals surface area contributed by atoms with Crippen molar-refractivity contribution in [3.8, 4) is 0 Å². The molecule has 0 aromatic heterocycles. The predicted molar refractivity (Wildman–Crippen MR) is 129 cm³/mol. The highest BCUT2D eigenvalue weighted by molar-refractivity contribution is 5.80. The summed E-state index contributed by atoms with van der Waals surface area (Å²) in [5.41, 5.74) is 2.82. The monoisotopic (exact) mass is 428 g/mol. The third-order valence-corrected chi connectivity index (χ3v) is 11.6. The molecule has 0 aromatic rings. The van der Waals surface area contributed by atoms with Crippen LogP contribution >= 0.6 is 0 Å². The van der Waals surface area contributed by atoms with Crippen LogP contribution in [0, 0.1) is 51.8 Å². The van der Waals surface area contributed by atoms with E-state index in [2.05, 4.69) is 40.7 Å². The van der Waals surface area contributed by atoms with Crippen LogP contribution in [0.5, 0.6) is 0 Å². The van der Waals surface area contributed by atoms with E-state index in [0.29, 0.717) is 45.7 Å². The number of carbonyl (C=O) groups is 1. The van der Waals surface area contributed by atoms with Gasteiger partial charge in [-0.05, 0) is 97.2 Å². The van der Waals surface area contributed by atoms with Crippen molar-refractivity contribution in [2.75, 3.05) is 0 Å². The molecular weight excluding hydrogens is 380 g/mol. The van der Waals surface area contributed by atoms with Crippen molar-refractivity contribution in [3.63, 3.8) is 0 Å². The smallest absolute Gasteiger partial charge is 0.135 e. The summed E-state index contributed by atoms with van der Waals surface area (Å²) in [5, 5.41) is 10.5. The molecule has 1 N–H and O–H groups in total. The standard InChI is InChI=1S/C29H48O2/c1-18(2)25(30)11-8-19(3)21-12-16-29(7)24-10-9-22-20(4)26(31)14-15-27(22,5)23(24)13-17-28(21,29)6/h10,18-23,26,31H,8-9,11-17H2,1-7H3. The average Bonchev–Trinajstić information content (AvgIpc) is 3.00. The molecule has 0 aromatic carbocycles. The van der Waals surface area contributed by atoms with Crippen molar-refractivity contribution in [1.29, 1.82) is 0 Å². The summed E-state index contributed by atoms with van der Waals surface area (Å²) in [6, 6.07) is 0. The highest BCUT2D eigenvalue weighted by Gasteiger charge is 2.64. The lowest BCUT2D eigenvalue weighted by Gasteiger charge is -2.62. The number of carbonyl (C=O) groups excluding carboxylic acids is 1. The second-order valence-corrected chi connectivity index (χ2v) is 13.1. The lowest BCUT2D eigenvalue weighted by molar-refractivity contribution is -0.122. The Bertz CT molecular complexity index is 737. The van der Waals surface area contributed by atoms with Gasteiger partial charge in [0.1, 0.15) is 5.78 Å². The Morgan fingerprint density at radius 1 is 1.10 bits per heavy atom. The van der Waals surface area contributed by atoms with Gasteiger partial charge in [0.2, 0.25) is 0 Å². The number of ketones is 1. The number of rotatable bonds is 5. The zero-order chi connectivity index (χ0) is 22.8. The van der Waals surface area contributed by atoms with Crippen LogP contribution in [0.1, 0.15) is 106 Å². The zero-order valence-electron chi connectivity index (χ0n) is 21.3. The Morgan fingerprint density at radius 2 is 1.81 bits per heavy atom. The van der Waals surface area contributed by atoms with Gasteiger partial charge in [0.25, 0.3) is 0 Å². The lowest BCUT2D eigenvalue weighted by atomic mass is 9.42. The molecule has 0 heterocycles. The normalized spacial score (nSPS) is 47.9. The molecule has 0 aliphatic heterocycles. The van der Waals surface area contributed by atoms with Crippen LogP contribution < -0.4 is 0 Å². The van der Waals surface area contributed by atoms with Crippen molar-refractivity contribution in [2.45, 2.75) is 112 Å². The van der Waals surface area contributed by atoms with Gasteiger partial charge in [0.15, 0.2) is 0 Å². The minimum Gasteiger partial charge on any atom is -0.393 e. The van der Waals surface area contributed by atoms with E-state index in [9.17, 15) is 9.90 Å². The topological polar surface area (TPSA) is 37.3 Å². The average molecular weight is 429 g/mol. The summed E-state index contributed by atoms with van der Waals surface area (Å²) in [5.74, 6) is 3.73. The Balaban J connectivity index is 1.58. The molecule has 0 radical (unpaired) electrons. The SMILES string of the molecule is CC(C)C(=O)CCC(C)C1CCC2(C)C3=CCC4C(C)C(O)CCC4(C)C3CCC12C. The fourth-order valence-corrected chi connectivity index (χ4v) is 9.15. The maximum Gasteiger partial charge on any atom is 0.135 e. The summed E-state index contributed by atoms with van der Waals surface area (Å²) >= 11 is 0. The number of hydrogen-bond donors (Lipinski definition) is 1. The van der Waals surface area contributed by atoms with Gasteiger partial charge < -0.3 is 5.11 Å². The van der Waals surface area contributed by atoms with Crippen molar-refractivity contribution in [3.05, 3.63) is 11.6 Å². The summed E-state index contributed by atoms with van der Waals surface area (Å²) < 4.78 is 0. The number of fused-ring (bicyclic) bond motifs is 5. The van der Waals surface area contributed by atoms with Gasteiger partial charge >= 0.3 is 0 Å². The van der Waals surface area contributed by atoms with Crippen LogP contribution in [0.15, 0.2) is 11.6 Å². The first-order chi connectivity index (χ1) is 14.5. The predicted octanol–water partition coefficient (Wildman–Crippen LogP) is 7.20. The molecule has 3 saturated carbocycles. The van der Waals surface area contributed by atoms with E-state index in [1.54, 1.807) is 5.57 Å². The van der Waals surface area contributed by atoms with E-state index in [0.717, 1.165) is 31.6 Å². The quantitative estimate of drug-likeness (QED) is 0.470. The maximum atomic E-state index is 12.3. The molecule has 4 aliphatic carbocycles. The molecule has 0 spiro atoms. The number of hydrogen-bond acceptors (Lipinski definition) is 2. The largest absolute Gasteiger partial charge is 0.393 e. The highest BCUT2D eigenvalue weighted by atomic mass is 16.3. The first kappa shape index (κ1) is 23.5. The Morgan fingerprint density at radius 3 is 2.48 bits per heavy atom. The summed E-state index contributed by atoms with van der Waals surface area (Å²) in [6.45, 7) is 16.6. The third-order valence-electron chi connectivity index (χ3n) is 11.6. The van der Waals surface area contributed by atoms with Gasteiger partial charge in [-0.2, -0.15) is 0 Å². The van der Waals surface area contributed by atoms with Crippen LogP contribution in [0.4, 0.5) is 0 Å². The molecule has 0 saturated heterocycles. The van der Waals surface area contributed by atoms with Crippen molar-refractivity contribution in [2.24, 2.45) is 51.8 Å². The van der Waals surface area contributed by atoms with E-state index in [1.165, 1.54) is 32.1 Å². The van der Waals surface area contributed by atoms with Crippen LogP contribution in [0.3, 0.4) is 0 Å². The zero-order valence-corrected chi connectivity index (χ0v) is 21.3. The first-order valence-electron chi connectivity index (χ1n) is 13.4. The number of Topliss-reactive ketones (excluding diaryl/α,β-unsaturated/α-hetero) is 1.